The molecule has 0 fully saturated rings. The second kappa shape index (κ2) is 41.5. The normalized spacial score (nSPS) is 13.5. The van der Waals surface area contributed by atoms with Crippen LogP contribution in [0.1, 0.15) is 239 Å². The average molecular weight is 748 g/mol. The van der Waals surface area contributed by atoms with Crippen molar-refractivity contribution in [3.8, 4) is 0 Å². The molecular weight excluding hydrogens is 659 g/mol. The Balaban J connectivity index is 4.41. The zero-order valence-corrected chi connectivity index (χ0v) is 35.4. The molecule has 0 rings (SSSR count). The summed E-state index contributed by atoms with van der Waals surface area (Å²) in [6.45, 7) is 6.42. The molecule has 3 unspecified atom stereocenters. The molecule has 0 aromatic heterocycles. The van der Waals surface area contributed by atoms with Crippen LogP contribution in [0.3, 0.4) is 0 Å². The molecule has 312 valence electrons. The lowest BCUT2D eigenvalue weighted by molar-refractivity contribution is -0.151. The molecule has 0 radical (unpaired) electrons. The minimum absolute atomic E-state index is 0.0741. The van der Waals surface area contributed by atoms with E-state index in [0.717, 1.165) is 64.2 Å². The van der Waals surface area contributed by atoms with E-state index in [4.69, 9.17) is 4.74 Å². The maximum atomic E-state index is 13.0. The summed E-state index contributed by atoms with van der Waals surface area (Å²) < 4.78 is 5.87. The Morgan fingerprint density at radius 2 is 0.943 bits per heavy atom. The van der Waals surface area contributed by atoms with Crippen LogP contribution in [0.4, 0.5) is 0 Å². The second-order valence-electron chi connectivity index (χ2n) is 15.8. The molecule has 0 aromatic carbocycles. The third kappa shape index (κ3) is 37.1. The Hall–Kier alpha value is -1.66. The number of carbonyl (C=O) groups is 2. The van der Waals surface area contributed by atoms with Crippen LogP contribution in [0.25, 0.3) is 0 Å². The lowest BCUT2D eigenvalue weighted by Crippen LogP contribution is -2.46. The first kappa shape index (κ1) is 51.3. The van der Waals surface area contributed by atoms with Crippen LogP contribution in [0.15, 0.2) is 24.3 Å². The van der Waals surface area contributed by atoms with Crippen LogP contribution < -0.4 is 5.32 Å². The Morgan fingerprint density at radius 1 is 0.547 bits per heavy atom. The standard InChI is InChI=1S/C47H89NO5/c1-4-7-10-13-16-18-19-20-21-22-23-24-25-26-28-31-34-37-40-47(52)53-43(38-35-32-29-15-12-9-6-3)41-46(51)48-44(42-49)45(50)39-36-33-30-27-17-14-11-8-5-2/h21-24,43-45,49-50H,4-20,25-42H2,1-3H3,(H,48,51)/b22-21+,24-23+. The van der Waals surface area contributed by atoms with Crippen molar-refractivity contribution in [3.05, 3.63) is 24.3 Å². The zero-order chi connectivity index (χ0) is 38.9. The first-order valence-electron chi connectivity index (χ1n) is 23.1. The van der Waals surface area contributed by atoms with E-state index in [1.807, 2.05) is 0 Å². The van der Waals surface area contributed by atoms with Gasteiger partial charge in [-0.1, -0.05) is 199 Å². The Labute approximate surface area is 329 Å². The fourth-order valence-electron chi connectivity index (χ4n) is 7.01. The van der Waals surface area contributed by atoms with Gasteiger partial charge in [0.25, 0.3) is 0 Å². The molecule has 0 aliphatic carbocycles. The molecule has 0 aliphatic rings. The topological polar surface area (TPSA) is 95.9 Å². The number of hydrogen-bond donors (Lipinski definition) is 3. The van der Waals surface area contributed by atoms with Crippen molar-refractivity contribution >= 4 is 11.9 Å². The quantitative estimate of drug-likeness (QED) is 0.0329. The van der Waals surface area contributed by atoms with Gasteiger partial charge in [-0.2, -0.15) is 0 Å². The molecular formula is C47H89NO5. The third-order valence-electron chi connectivity index (χ3n) is 10.6. The number of aliphatic hydroxyl groups excluding tert-OH is 2. The summed E-state index contributed by atoms with van der Waals surface area (Å²) in [5, 5.41) is 23.5. The van der Waals surface area contributed by atoms with Gasteiger partial charge in [0.1, 0.15) is 6.10 Å². The van der Waals surface area contributed by atoms with Gasteiger partial charge in [0.15, 0.2) is 0 Å². The van der Waals surface area contributed by atoms with Crippen LogP contribution in [0.2, 0.25) is 0 Å². The van der Waals surface area contributed by atoms with Gasteiger partial charge >= 0.3 is 5.97 Å². The largest absolute Gasteiger partial charge is 0.462 e. The number of esters is 1. The predicted octanol–water partition coefficient (Wildman–Crippen LogP) is 13.2. The van der Waals surface area contributed by atoms with Gasteiger partial charge in [0.2, 0.25) is 5.91 Å². The lowest BCUT2D eigenvalue weighted by atomic mass is 10.0. The van der Waals surface area contributed by atoms with Crippen LogP contribution >= 0.6 is 0 Å². The molecule has 6 heteroatoms. The summed E-state index contributed by atoms with van der Waals surface area (Å²) in [4.78, 5) is 25.9. The van der Waals surface area contributed by atoms with Crippen molar-refractivity contribution in [2.75, 3.05) is 6.61 Å². The number of unbranched alkanes of at least 4 members (excludes halogenated alkanes) is 26. The smallest absolute Gasteiger partial charge is 0.306 e. The van der Waals surface area contributed by atoms with Crippen molar-refractivity contribution < 1.29 is 24.5 Å². The Morgan fingerprint density at radius 3 is 1.40 bits per heavy atom. The van der Waals surface area contributed by atoms with Crippen molar-refractivity contribution in [3.63, 3.8) is 0 Å². The Kier molecular flexibility index (Phi) is 40.2. The molecule has 6 nitrogen and oxygen atoms in total. The number of ether oxygens (including phenoxy) is 1. The van der Waals surface area contributed by atoms with E-state index in [2.05, 4.69) is 50.4 Å². The van der Waals surface area contributed by atoms with E-state index in [0.29, 0.717) is 19.3 Å². The van der Waals surface area contributed by atoms with Crippen molar-refractivity contribution in [1.82, 2.24) is 5.32 Å². The molecule has 0 aromatic rings. The van der Waals surface area contributed by atoms with E-state index < -0.39 is 18.2 Å². The third-order valence-corrected chi connectivity index (χ3v) is 10.6. The van der Waals surface area contributed by atoms with Crippen molar-refractivity contribution in [1.29, 1.82) is 0 Å². The van der Waals surface area contributed by atoms with Crippen LogP contribution in [-0.2, 0) is 14.3 Å². The zero-order valence-electron chi connectivity index (χ0n) is 35.4. The summed E-state index contributed by atoms with van der Waals surface area (Å²) in [5.41, 5.74) is 0. The summed E-state index contributed by atoms with van der Waals surface area (Å²) in [7, 11) is 0. The summed E-state index contributed by atoms with van der Waals surface area (Å²) in [6.07, 6.45) is 45.4. The lowest BCUT2D eigenvalue weighted by Gasteiger charge is -2.24. The Bertz CT molecular complexity index is 843. The predicted molar refractivity (Wildman–Crippen MR) is 227 cm³/mol. The van der Waals surface area contributed by atoms with Crippen molar-refractivity contribution in [2.24, 2.45) is 0 Å². The fourth-order valence-corrected chi connectivity index (χ4v) is 7.01. The first-order valence-corrected chi connectivity index (χ1v) is 23.1. The average Bonchev–Trinajstić information content (AvgIpc) is 3.15. The van der Waals surface area contributed by atoms with Crippen LogP contribution in [-0.4, -0.2) is 46.9 Å². The molecule has 3 atom stereocenters. The molecule has 1 amide bonds. The van der Waals surface area contributed by atoms with E-state index in [1.165, 1.54) is 128 Å². The van der Waals surface area contributed by atoms with Gasteiger partial charge < -0.3 is 20.3 Å². The molecule has 53 heavy (non-hydrogen) atoms. The van der Waals surface area contributed by atoms with Gasteiger partial charge in [-0.05, 0) is 51.4 Å². The number of allylic oxidation sites excluding steroid dienone is 4. The van der Waals surface area contributed by atoms with Gasteiger partial charge in [-0.25, -0.2) is 0 Å². The van der Waals surface area contributed by atoms with E-state index in [-0.39, 0.29) is 24.9 Å². The monoisotopic (exact) mass is 748 g/mol. The number of rotatable bonds is 41. The van der Waals surface area contributed by atoms with E-state index >= 15 is 0 Å². The molecule has 0 spiro atoms. The number of aliphatic hydroxyl groups is 2. The minimum atomic E-state index is -0.782. The number of hydrogen-bond acceptors (Lipinski definition) is 5. The van der Waals surface area contributed by atoms with Crippen LogP contribution in [0.5, 0.6) is 0 Å². The van der Waals surface area contributed by atoms with E-state index in [9.17, 15) is 19.8 Å². The highest BCUT2D eigenvalue weighted by atomic mass is 16.5. The van der Waals surface area contributed by atoms with Gasteiger partial charge in [0.05, 0.1) is 25.2 Å². The number of amides is 1. The van der Waals surface area contributed by atoms with Gasteiger partial charge in [-0.15, -0.1) is 0 Å². The maximum absolute atomic E-state index is 13.0. The van der Waals surface area contributed by atoms with Crippen LogP contribution in [0, 0.1) is 0 Å². The summed E-state index contributed by atoms with van der Waals surface area (Å²) in [5.74, 6) is -0.491. The van der Waals surface area contributed by atoms with Gasteiger partial charge in [-0.3, -0.25) is 9.59 Å². The highest BCUT2D eigenvalue weighted by molar-refractivity contribution is 5.77. The fraction of sp³-hybridized carbons (Fsp3) is 0.872. The molecule has 0 heterocycles. The first-order chi connectivity index (χ1) is 26.0. The molecule has 3 N–H and O–H groups in total. The molecule has 0 saturated carbocycles. The van der Waals surface area contributed by atoms with E-state index in [1.54, 1.807) is 0 Å². The maximum Gasteiger partial charge on any atom is 0.306 e. The highest BCUT2D eigenvalue weighted by Crippen LogP contribution is 2.17. The summed E-state index contributed by atoms with van der Waals surface area (Å²) in [6, 6.07) is -0.696. The molecule has 0 aliphatic heterocycles. The van der Waals surface area contributed by atoms with Crippen molar-refractivity contribution in [2.45, 2.75) is 257 Å². The summed E-state index contributed by atoms with van der Waals surface area (Å²) >= 11 is 0. The van der Waals surface area contributed by atoms with Gasteiger partial charge in [0, 0.05) is 6.42 Å². The minimum Gasteiger partial charge on any atom is -0.462 e. The SMILES string of the molecule is CCCCCCCCC/C=C/C=C/CCCCCCCC(=O)OC(CCCCCCCCC)CC(=O)NC(CO)C(O)CCCCCCCCCCC. The molecule has 0 saturated heterocycles. The highest BCUT2D eigenvalue weighted by Gasteiger charge is 2.24. The number of nitrogens with one attached hydrogen (secondary N) is 1. The molecule has 0 bridgehead atoms. The second-order valence-corrected chi connectivity index (χ2v) is 15.8. The number of carbonyl (C=O) groups excluding carboxylic acids is 2.